The van der Waals surface area contributed by atoms with Crippen LogP contribution in [0.4, 0.5) is 11.4 Å². The first kappa shape index (κ1) is 12.2. The number of nitro groups is 1. The molecule has 2 aliphatic rings. The molecule has 4 nitrogen and oxygen atoms in total. The molecule has 0 bridgehead atoms. The van der Waals surface area contributed by atoms with Crippen molar-refractivity contribution in [2.75, 3.05) is 5.32 Å². The lowest BCUT2D eigenvalue weighted by molar-refractivity contribution is -0.384. The topological polar surface area (TPSA) is 55.2 Å². The molecule has 0 amide bonds. The van der Waals surface area contributed by atoms with Crippen molar-refractivity contribution in [3.05, 3.63) is 31.9 Å². The first-order valence-corrected chi connectivity index (χ1v) is 7.43. The van der Waals surface area contributed by atoms with Crippen LogP contribution in [0, 0.1) is 25.5 Å². The number of nitrogens with one attached hydrogen (secondary N) is 1. The van der Waals surface area contributed by atoms with Crippen LogP contribution in [-0.2, 0) is 0 Å². The Bertz CT molecular complexity index is 472. The van der Waals surface area contributed by atoms with Crippen LogP contribution in [0.5, 0.6) is 0 Å². The van der Waals surface area contributed by atoms with Crippen molar-refractivity contribution >= 4 is 34.0 Å². The number of anilines is 1. The summed E-state index contributed by atoms with van der Waals surface area (Å²) >= 11 is 2.11. The van der Waals surface area contributed by atoms with Crippen LogP contribution < -0.4 is 5.32 Å². The van der Waals surface area contributed by atoms with Crippen LogP contribution in [0.3, 0.4) is 0 Å². The van der Waals surface area contributed by atoms with Gasteiger partial charge in [-0.2, -0.15) is 0 Å². The van der Waals surface area contributed by atoms with Gasteiger partial charge in [-0.25, -0.2) is 0 Å². The van der Waals surface area contributed by atoms with Gasteiger partial charge in [-0.1, -0.05) is 0 Å². The van der Waals surface area contributed by atoms with Gasteiger partial charge in [-0.3, -0.25) is 10.1 Å². The van der Waals surface area contributed by atoms with Gasteiger partial charge in [0, 0.05) is 15.7 Å². The zero-order valence-electron chi connectivity index (χ0n) is 9.93. The fraction of sp³-hybridized carbons (Fsp3) is 0.538. The van der Waals surface area contributed by atoms with E-state index in [-0.39, 0.29) is 10.6 Å². The van der Waals surface area contributed by atoms with E-state index in [0.717, 1.165) is 15.4 Å². The predicted molar refractivity (Wildman–Crippen MR) is 78.7 cm³/mol. The molecule has 1 aromatic carbocycles. The van der Waals surface area contributed by atoms with Crippen molar-refractivity contribution in [3.63, 3.8) is 0 Å². The van der Waals surface area contributed by atoms with E-state index in [1.807, 2.05) is 12.1 Å². The summed E-state index contributed by atoms with van der Waals surface area (Å²) < 4.78 is 0.902. The Labute approximate surface area is 119 Å². The van der Waals surface area contributed by atoms with Gasteiger partial charge in [0.1, 0.15) is 5.69 Å². The minimum atomic E-state index is -0.290. The Morgan fingerprint density at radius 3 is 2.39 bits per heavy atom. The Kier molecular flexibility index (Phi) is 3.17. The summed E-state index contributed by atoms with van der Waals surface area (Å²) in [6.07, 6.45) is 5.08. The van der Waals surface area contributed by atoms with Crippen molar-refractivity contribution < 1.29 is 4.92 Å². The third-order valence-electron chi connectivity index (χ3n) is 3.74. The van der Waals surface area contributed by atoms with E-state index in [9.17, 15) is 10.1 Å². The molecule has 0 spiro atoms. The highest BCUT2D eigenvalue weighted by Crippen LogP contribution is 2.46. The average molecular weight is 358 g/mol. The van der Waals surface area contributed by atoms with Crippen LogP contribution in [0.2, 0.25) is 0 Å². The highest BCUT2D eigenvalue weighted by Gasteiger charge is 2.42. The van der Waals surface area contributed by atoms with Crippen molar-refractivity contribution in [2.24, 2.45) is 11.8 Å². The van der Waals surface area contributed by atoms with Crippen molar-refractivity contribution in [2.45, 2.75) is 31.7 Å². The van der Waals surface area contributed by atoms with E-state index in [2.05, 4.69) is 27.9 Å². The first-order chi connectivity index (χ1) is 8.65. The first-order valence-electron chi connectivity index (χ1n) is 6.35. The summed E-state index contributed by atoms with van der Waals surface area (Å²) in [4.78, 5) is 10.8. The van der Waals surface area contributed by atoms with E-state index in [1.54, 1.807) is 6.07 Å². The van der Waals surface area contributed by atoms with E-state index in [1.165, 1.54) is 25.7 Å². The lowest BCUT2D eigenvalue weighted by Gasteiger charge is -2.19. The number of nitrogens with zero attached hydrogens (tertiary/aromatic N) is 1. The number of hydrogen-bond acceptors (Lipinski definition) is 3. The van der Waals surface area contributed by atoms with E-state index >= 15 is 0 Å². The number of benzene rings is 1. The van der Waals surface area contributed by atoms with Gasteiger partial charge in [0.2, 0.25) is 0 Å². The quantitative estimate of drug-likeness (QED) is 0.495. The van der Waals surface area contributed by atoms with Crippen molar-refractivity contribution in [1.29, 1.82) is 0 Å². The summed E-state index contributed by atoms with van der Waals surface area (Å²) in [5.74, 6) is 1.47. The fourth-order valence-electron chi connectivity index (χ4n) is 2.49. The third-order valence-corrected chi connectivity index (χ3v) is 4.41. The van der Waals surface area contributed by atoms with Crippen LogP contribution >= 0.6 is 22.6 Å². The normalized spacial score (nSPS) is 19.0. The van der Waals surface area contributed by atoms with Crippen molar-refractivity contribution in [3.8, 4) is 0 Å². The summed E-state index contributed by atoms with van der Waals surface area (Å²) in [6.45, 7) is 0. The standard InChI is InChI=1S/C13H15IN2O2/c14-10-5-6-11(12(7-10)16(17)18)15-13(8-1-2-8)9-3-4-9/h5-9,13,15H,1-4H2. The molecule has 1 N–H and O–H groups in total. The maximum atomic E-state index is 11.1. The molecule has 0 aromatic heterocycles. The highest BCUT2D eigenvalue weighted by atomic mass is 127. The summed E-state index contributed by atoms with van der Waals surface area (Å²) in [7, 11) is 0. The zero-order chi connectivity index (χ0) is 12.7. The van der Waals surface area contributed by atoms with E-state index in [4.69, 9.17) is 0 Å². The number of halogens is 1. The van der Waals surface area contributed by atoms with Gasteiger partial charge < -0.3 is 5.32 Å². The van der Waals surface area contributed by atoms with Gasteiger partial charge in [-0.05, 0) is 72.2 Å². The fourth-order valence-corrected chi connectivity index (χ4v) is 2.96. The Balaban J connectivity index is 1.84. The molecule has 0 atom stereocenters. The zero-order valence-corrected chi connectivity index (χ0v) is 12.1. The van der Waals surface area contributed by atoms with Crippen LogP contribution in [0.1, 0.15) is 25.7 Å². The second-order valence-corrected chi connectivity index (χ2v) is 6.51. The van der Waals surface area contributed by atoms with Gasteiger partial charge in [-0.15, -0.1) is 0 Å². The van der Waals surface area contributed by atoms with Crippen molar-refractivity contribution in [1.82, 2.24) is 0 Å². The Morgan fingerprint density at radius 2 is 1.89 bits per heavy atom. The molecule has 0 radical (unpaired) electrons. The Morgan fingerprint density at radius 1 is 1.28 bits per heavy atom. The largest absolute Gasteiger partial charge is 0.376 e. The van der Waals surface area contributed by atoms with Gasteiger partial charge in [0.15, 0.2) is 0 Å². The SMILES string of the molecule is O=[N+]([O-])c1cc(I)ccc1NC(C1CC1)C1CC1. The lowest BCUT2D eigenvalue weighted by Crippen LogP contribution is -2.24. The minimum Gasteiger partial charge on any atom is -0.376 e. The molecule has 0 unspecified atom stereocenters. The van der Waals surface area contributed by atoms with E-state index < -0.39 is 0 Å². The molecule has 0 heterocycles. The smallest absolute Gasteiger partial charge is 0.293 e. The van der Waals surface area contributed by atoms with E-state index in [0.29, 0.717) is 11.7 Å². The molecular weight excluding hydrogens is 343 g/mol. The second kappa shape index (κ2) is 4.68. The van der Waals surface area contributed by atoms with Crippen LogP contribution in [0.25, 0.3) is 0 Å². The molecule has 5 heteroatoms. The molecule has 1 aromatic rings. The third kappa shape index (κ3) is 2.60. The molecule has 0 saturated heterocycles. The summed E-state index contributed by atoms with van der Waals surface area (Å²) in [5, 5.41) is 14.5. The molecule has 2 saturated carbocycles. The molecule has 2 fully saturated rings. The second-order valence-electron chi connectivity index (χ2n) is 5.26. The highest BCUT2D eigenvalue weighted by molar-refractivity contribution is 14.1. The molecule has 0 aliphatic heterocycles. The van der Waals surface area contributed by atoms with Crippen LogP contribution in [-0.4, -0.2) is 11.0 Å². The lowest BCUT2D eigenvalue weighted by atomic mass is 10.1. The summed E-state index contributed by atoms with van der Waals surface area (Å²) in [5.41, 5.74) is 0.886. The number of nitro benzene ring substituents is 1. The van der Waals surface area contributed by atoms with Gasteiger partial charge >= 0.3 is 0 Å². The maximum absolute atomic E-state index is 11.1. The molecule has 3 rings (SSSR count). The number of hydrogen-bond donors (Lipinski definition) is 1. The Hall–Kier alpha value is -0.850. The molecular formula is C13H15IN2O2. The monoisotopic (exact) mass is 358 g/mol. The molecule has 96 valence electrons. The predicted octanol–water partition coefficient (Wildman–Crippen LogP) is 3.80. The molecule has 2 aliphatic carbocycles. The molecule has 18 heavy (non-hydrogen) atoms. The minimum absolute atomic E-state index is 0.202. The number of rotatable bonds is 5. The maximum Gasteiger partial charge on any atom is 0.293 e. The van der Waals surface area contributed by atoms with Gasteiger partial charge in [0.25, 0.3) is 5.69 Å². The van der Waals surface area contributed by atoms with Gasteiger partial charge in [0.05, 0.1) is 4.92 Å². The summed E-state index contributed by atoms with van der Waals surface area (Å²) in [6, 6.07) is 5.85. The van der Waals surface area contributed by atoms with Crippen LogP contribution in [0.15, 0.2) is 18.2 Å². The average Bonchev–Trinajstić information content (AvgIpc) is 3.19.